The molecule has 178 valence electrons. The van der Waals surface area contributed by atoms with Crippen molar-refractivity contribution >= 4 is 48.0 Å². The quantitative estimate of drug-likeness (QED) is 0.328. The summed E-state index contributed by atoms with van der Waals surface area (Å²) in [7, 11) is -7.94. The Labute approximate surface area is 206 Å². The van der Waals surface area contributed by atoms with Crippen LogP contribution in [0.15, 0.2) is 76.5 Å². The van der Waals surface area contributed by atoms with Gasteiger partial charge in [0.05, 0.1) is 9.79 Å². The zero-order chi connectivity index (χ0) is 24.8. The van der Waals surface area contributed by atoms with Gasteiger partial charge in [-0.3, -0.25) is 14.2 Å². The number of carbonyl (C=O) groups excluding carboxylic acids is 1. The fourth-order valence-electron chi connectivity index (χ4n) is 3.70. The maximum Gasteiger partial charge on any atom is 0.263 e. The molecule has 1 aromatic heterocycles. The van der Waals surface area contributed by atoms with Gasteiger partial charge in [-0.05, 0) is 53.9 Å². The third kappa shape index (κ3) is 4.31. The zero-order valence-electron chi connectivity index (χ0n) is 18.2. The minimum absolute atomic E-state index is 0.0606. The number of aromatic nitrogens is 2. The Balaban J connectivity index is 1.35. The summed E-state index contributed by atoms with van der Waals surface area (Å²) in [5.74, 6) is -0.226. The molecule has 0 aliphatic heterocycles. The van der Waals surface area contributed by atoms with Crippen molar-refractivity contribution in [1.29, 1.82) is 0 Å². The lowest BCUT2D eigenvalue weighted by Gasteiger charge is -2.10. The van der Waals surface area contributed by atoms with Crippen molar-refractivity contribution in [2.75, 3.05) is 9.44 Å². The Morgan fingerprint density at radius 2 is 1.37 bits per heavy atom. The monoisotopic (exact) mass is 526 g/mol. The summed E-state index contributed by atoms with van der Waals surface area (Å²) in [6.45, 7) is 1.89. The second kappa shape index (κ2) is 8.56. The van der Waals surface area contributed by atoms with Gasteiger partial charge in [-0.1, -0.05) is 48.6 Å². The number of benzene rings is 3. The normalized spacial score (nSPS) is 12.8. The molecular formula is C23H18N4O5S3. The smallest absolute Gasteiger partial charge is 0.263 e. The highest BCUT2D eigenvalue weighted by Gasteiger charge is 2.28. The summed E-state index contributed by atoms with van der Waals surface area (Å²) < 4.78 is 55.9. The predicted octanol–water partition coefficient (Wildman–Crippen LogP) is 3.91. The summed E-state index contributed by atoms with van der Waals surface area (Å²) in [5, 5.41) is 8.53. The number of sulfonamides is 2. The van der Waals surface area contributed by atoms with Crippen molar-refractivity contribution in [3.8, 4) is 11.1 Å². The van der Waals surface area contributed by atoms with Gasteiger partial charge in [-0.25, -0.2) is 16.8 Å². The topological polar surface area (TPSA) is 135 Å². The van der Waals surface area contributed by atoms with Gasteiger partial charge >= 0.3 is 0 Å². The standard InChI is InChI=1S/C23H18N4O5S3/c1-2-21-24-25-23(33-21)27-34(29,30)15-9-7-14(8-10-15)26-35(31,32)16-11-12-18-17-5-3-4-6-19(17)22(28)20(18)13-16/h3-13,26H,2H2,1H3,(H,25,27). The number of hydrogen-bond donors (Lipinski definition) is 2. The van der Waals surface area contributed by atoms with Crippen LogP contribution in [0.1, 0.15) is 27.9 Å². The van der Waals surface area contributed by atoms with E-state index in [4.69, 9.17) is 0 Å². The molecule has 1 aliphatic rings. The van der Waals surface area contributed by atoms with Crippen LogP contribution in [0, 0.1) is 0 Å². The molecule has 1 heterocycles. The Bertz CT molecular complexity index is 1680. The van der Waals surface area contributed by atoms with E-state index in [1.165, 1.54) is 36.4 Å². The molecule has 5 rings (SSSR count). The molecule has 0 amide bonds. The van der Waals surface area contributed by atoms with E-state index in [0.29, 0.717) is 28.1 Å². The zero-order valence-corrected chi connectivity index (χ0v) is 20.7. The molecule has 3 aromatic carbocycles. The van der Waals surface area contributed by atoms with Crippen LogP contribution in [-0.4, -0.2) is 32.8 Å². The summed E-state index contributed by atoms with van der Waals surface area (Å²) in [6.07, 6.45) is 0.638. The van der Waals surface area contributed by atoms with Crippen molar-refractivity contribution in [2.24, 2.45) is 0 Å². The fraction of sp³-hybridized carbons (Fsp3) is 0.0870. The molecule has 35 heavy (non-hydrogen) atoms. The summed E-state index contributed by atoms with van der Waals surface area (Å²) in [6, 6.07) is 16.8. The number of carbonyl (C=O) groups is 1. The van der Waals surface area contributed by atoms with E-state index in [0.717, 1.165) is 16.9 Å². The summed E-state index contributed by atoms with van der Waals surface area (Å²) in [5.41, 5.74) is 2.49. The number of fused-ring (bicyclic) bond motifs is 3. The average Bonchev–Trinajstić information content (AvgIpc) is 3.41. The van der Waals surface area contributed by atoms with E-state index in [1.807, 2.05) is 19.1 Å². The molecule has 0 fully saturated rings. The number of rotatable bonds is 7. The van der Waals surface area contributed by atoms with E-state index in [-0.39, 0.29) is 26.4 Å². The van der Waals surface area contributed by atoms with Crippen molar-refractivity contribution in [2.45, 2.75) is 23.1 Å². The Hall–Kier alpha value is -3.61. The molecule has 0 spiro atoms. The molecular weight excluding hydrogens is 508 g/mol. The van der Waals surface area contributed by atoms with Crippen molar-refractivity contribution in [1.82, 2.24) is 10.2 Å². The SMILES string of the molecule is CCc1nnc(NS(=O)(=O)c2ccc(NS(=O)(=O)c3ccc4c(c3)C(=O)c3ccccc3-4)cc2)s1. The molecule has 0 saturated carbocycles. The Morgan fingerprint density at radius 1 is 0.743 bits per heavy atom. The van der Waals surface area contributed by atoms with E-state index in [2.05, 4.69) is 19.6 Å². The number of ketones is 1. The Kier molecular flexibility index (Phi) is 5.66. The minimum Gasteiger partial charge on any atom is -0.289 e. The number of aryl methyl sites for hydroxylation is 1. The number of nitrogens with zero attached hydrogens (tertiary/aromatic N) is 2. The lowest BCUT2D eigenvalue weighted by atomic mass is 10.1. The van der Waals surface area contributed by atoms with Crippen LogP contribution in [0.2, 0.25) is 0 Å². The van der Waals surface area contributed by atoms with Gasteiger partial charge in [0.1, 0.15) is 5.01 Å². The highest BCUT2D eigenvalue weighted by molar-refractivity contribution is 7.93. The van der Waals surface area contributed by atoms with Gasteiger partial charge in [-0.15, -0.1) is 10.2 Å². The molecule has 12 heteroatoms. The van der Waals surface area contributed by atoms with Crippen LogP contribution >= 0.6 is 11.3 Å². The van der Waals surface area contributed by atoms with Crippen LogP contribution < -0.4 is 9.44 Å². The van der Waals surface area contributed by atoms with Gasteiger partial charge in [0.25, 0.3) is 20.0 Å². The minimum atomic E-state index is -4.03. The largest absolute Gasteiger partial charge is 0.289 e. The van der Waals surface area contributed by atoms with E-state index in [9.17, 15) is 21.6 Å². The number of hydrogen-bond acceptors (Lipinski definition) is 8. The van der Waals surface area contributed by atoms with Crippen LogP contribution in [-0.2, 0) is 26.5 Å². The van der Waals surface area contributed by atoms with Gasteiger partial charge < -0.3 is 0 Å². The first-order valence-electron chi connectivity index (χ1n) is 10.4. The molecule has 9 nitrogen and oxygen atoms in total. The predicted molar refractivity (Wildman–Crippen MR) is 133 cm³/mol. The molecule has 0 saturated heterocycles. The maximum atomic E-state index is 13.0. The van der Waals surface area contributed by atoms with Gasteiger partial charge in [0, 0.05) is 16.8 Å². The highest BCUT2D eigenvalue weighted by atomic mass is 32.2. The molecule has 0 unspecified atom stereocenters. The third-order valence-electron chi connectivity index (χ3n) is 5.42. The van der Waals surface area contributed by atoms with Crippen LogP contribution in [0.25, 0.3) is 11.1 Å². The van der Waals surface area contributed by atoms with Gasteiger partial charge in [0.2, 0.25) is 5.13 Å². The van der Waals surface area contributed by atoms with Gasteiger partial charge in [0.15, 0.2) is 5.78 Å². The van der Waals surface area contributed by atoms with E-state index >= 15 is 0 Å². The second-order valence-corrected chi connectivity index (χ2v) is 12.1. The first-order valence-corrected chi connectivity index (χ1v) is 14.2. The molecule has 4 aromatic rings. The van der Waals surface area contributed by atoms with Crippen LogP contribution in [0.3, 0.4) is 0 Å². The molecule has 0 radical (unpaired) electrons. The van der Waals surface area contributed by atoms with E-state index < -0.39 is 20.0 Å². The van der Waals surface area contributed by atoms with Crippen molar-refractivity contribution < 1.29 is 21.6 Å². The fourth-order valence-corrected chi connectivity index (χ4v) is 6.70. The lowest BCUT2D eigenvalue weighted by molar-refractivity contribution is 0.104. The van der Waals surface area contributed by atoms with Crippen molar-refractivity contribution in [3.63, 3.8) is 0 Å². The number of nitrogens with one attached hydrogen (secondary N) is 2. The second-order valence-electron chi connectivity index (χ2n) is 7.67. The van der Waals surface area contributed by atoms with Crippen molar-refractivity contribution in [3.05, 3.63) is 82.9 Å². The lowest BCUT2D eigenvalue weighted by Crippen LogP contribution is -2.15. The van der Waals surface area contributed by atoms with Crippen LogP contribution in [0.4, 0.5) is 10.8 Å². The molecule has 2 N–H and O–H groups in total. The Morgan fingerprint density at radius 3 is 2.06 bits per heavy atom. The van der Waals surface area contributed by atoms with Gasteiger partial charge in [-0.2, -0.15) is 0 Å². The first-order chi connectivity index (χ1) is 16.7. The maximum absolute atomic E-state index is 13.0. The first kappa shape index (κ1) is 23.1. The summed E-state index contributed by atoms with van der Waals surface area (Å²) in [4.78, 5) is 12.6. The van der Waals surface area contributed by atoms with E-state index in [1.54, 1.807) is 18.2 Å². The summed E-state index contributed by atoms with van der Waals surface area (Å²) >= 11 is 1.14. The average molecular weight is 527 g/mol. The van der Waals surface area contributed by atoms with Crippen LogP contribution in [0.5, 0.6) is 0 Å². The molecule has 0 bridgehead atoms. The number of anilines is 2. The third-order valence-corrected chi connectivity index (χ3v) is 9.26. The highest BCUT2D eigenvalue weighted by Crippen LogP contribution is 2.37. The molecule has 1 aliphatic carbocycles. The molecule has 0 atom stereocenters.